The van der Waals surface area contributed by atoms with Gasteiger partial charge in [0.15, 0.2) is 0 Å². The fourth-order valence-electron chi connectivity index (χ4n) is 3.43. The zero-order valence-corrected chi connectivity index (χ0v) is 12.2. The molecule has 1 atom stereocenters. The van der Waals surface area contributed by atoms with Gasteiger partial charge in [-0.25, -0.2) is 0 Å². The molecule has 0 radical (unpaired) electrons. The highest BCUT2D eigenvalue weighted by Crippen LogP contribution is 2.38. The molecule has 2 saturated heterocycles. The van der Waals surface area contributed by atoms with Crippen molar-refractivity contribution in [1.82, 2.24) is 10.2 Å². The second-order valence-corrected chi connectivity index (χ2v) is 6.23. The third-order valence-corrected chi connectivity index (χ3v) is 4.73. The van der Waals surface area contributed by atoms with Crippen LogP contribution in [0.25, 0.3) is 0 Å². The topological polar surface area (TPSA) is 32.3 Å². The fourth-order valence-corrected chi connectivity index (χ4v) is 3.43. The number of hydrogen-bond acceptors (Lipinski definition) is 2. The molecule has 0 aromatic heterocycles. The van der Waals surface area contributed by atoms with Crippen LogP contribution in [0.3, 0.4) is 0 Å². The van der Waals surface area contributed by atoms with Gasteiger partial charge in [-0.05, 0) is 43.5 Å². The predicted molar refractivity (Wildman–Crippen MR) is 76.0 cm³/mol. The molecule has 3 nitrogen and oxygen atoms in total. The summed E-state index contributed by atoms with van der Waals surface area (Å²) >= 11 is 0. The van der Waals surface area contributed by atoms with E-state index in [0.29, 0.717) is 13.1 Å². The van der Waals surface area contributed by atoms with Gasteiger partial charge < -0.3 is 10.2 Å². The molecular weight excluding hydrogens is 293 g/mol. The van der Waals surface area contributed by atoms with E-state index >= 15 is 0 Å². The fraction of sp³-hybridized carbons (Fsp3) is 0.562. The van der Waals surface area contributed by atoms with Crippen LogP contribution in [0.15, 0.2) is 24.3 Å². The summed E-state index contributed by atoms with van der Waals surface area (Å²) < 4.78 is 37.7. The number of nitrogens with zero attached hydrogens (tertiary/aromatic N) is 1. The second kappa shape index (κ2) is 5.57. The Bertz CT molecular complexity index is 548. The molecule has 1 spiro atoms. The van der Waals surface area contributed by atoms with Crippen molar-refractivity contribution in [2.45, 2.75) is 32.0 Å². The van der Waals surface area contributed by atoms with Crippen LogP contribution in [0.4, 0.5) is 13.2 Å². The monoisotopic (exact) mass is 312 g/mol. The van der Waals surface area contributed by atoms with E-state index in [1.807, 2.05) is 0 Å². The smallest absolute Gasteiger partial charge is 0.338 e. The number of benzene rings is 1. The summed E-state index contributed by atoms with van der Waals surface area (Å²) in [4.78, 5) is 14.4. The third kappa shape index (κ3) is 2.84. The maximum atomic E-state index is 12.6. The summed E-state index contributed by atoms with van der Waals surface area (Å²) in [6, 6.07) is 5.07. The molecule has 6 heteroatoms. The van der Waals surface area contributed by atoms with Gasteiger partial charge in [-0.15, -0.1) is 0 Å². The third-order valence-electron chi connectivity index (χ3n) is 4.73. The highest BCUT2D eigenvalue weighted by molar-refractivity contribution is 5.85. The van der Waals surface area contributed by atoms with Gasteiger partial charge in [0, 0.05) is 19.6 Å². The molecule has 1 N–H and O–H groups in total. The number of nitrogens with one attached hydrogen (secondary N) is 1. The minimum atomic E-state index is -4.32. The quantitative estimate of drug-likeness (QED) is 0.911. The predicted octanol–water partition coefficient (Wildman–Crippen LogP) is 2.81. The Morgan fingerprint density at radius 1 is 1.18 bits per heavy atom. The van der Waals surface area contributed by atoms with Gasteiger partial charge in [-0.3, -0.25) is 4.79 Å². The zero-order chi connectivity index (χ0) is 15.8. The Balaban J connectivity index is 1.68. The van der Waals surface area contributed by atoms with Crippen LogP contribution in [0.5, 0.6) is 0 Å². The Kier molecular flexibility index (Phi) is 3.89. The standard InChI is InChI=1S/C16H19F3N2O/c17-16(18,19)13-4-2-12(3-5-13)10-21-9-7-15(14(21)22)6-1-8-20-11-15/h2-5,20H,1,6-11H2. The first kappa shape index (κ1) is 15.3. The lowest BCUT2D eigenvalue weighted by molar-refractivity contribution is -0.138. The van der Waals surface area contributed by atoms with Crippen LogP contribution in [0, 0.1) is 5.41 Å². The average Bonchev–Trinajstić information content (AvgIpc) is 2.77. The molecule has 1 amide bonds. The molecule has 22 heavy (non-hydrogen) atoms. The van der Waals surface area contributed by atoms with Crippen LogP contribution < -0.4 is 5.32 Å². The second-order valence-electron chi connectivity index (χ2n) is 6.23. The number of carbonyl (C=O) groups is 1. The van der Waals surface area contributed by atoms with Gasteiger partial charge in [0.2, 0.25) is 5.91 Å². The highest BCUT2D eigenvalue weighted by atomic mass is 19.4. The summed E-state index contributed by atoms with van der Waals surface area (Å²) in [7, 11) is 0. The average molecular weight is 312 g/mol. The summed E-state index contributed by atoms with van der Waals surface area (Å²) in [5.41, 5.74) is -0.205. The number of carbonyl (C=O) groups excluding carboxylic acids is 1. The van der Waals surface area contributed by atoms with E-state index in [1.54, 1.807) is 4.90 Å². The lowest BCUT2D eigenvalue weighted by Crippen LogP contribution is -2.45. The largest absolute Gasteiger partial charge is 0.416 e. The summed E-state index contributed by atoms with van der Waals surface area (Å²) in [6.45, 7) is 2.74. The maximum Gasteiger partial charge on any atom is 0.416 e. The molecule has 120 valence electrons. The molecule has 2 aliphatic rings. The van der Waals surface area contributed by atoms with Crippen molar-refractivity contribution in [3.63, 3.8) is 0 Å². The SMILES string of the molecule is O=C1N(Cc2ccc(C(F)(F)F)cc2)CCC12CCCNC2. The summed E-state index contributed by atoms with van der Waals surface area (Å²) in [5.74, 6) is 0.139. The van der Waals surface area contributed by atoms with Crippen LogP contribution in [-0.2, 0) is 17.5 Å². The lowest BCUT2D eigenvalue weighted by Gasteiger charge is -2.32. The van der Waals surface area contributed by atoms with E-state index in [1.165, 1.54) is 12.1 Å². The Hall–Kier alpha value is -1.56. The van der Waals surface area contributed by atoms with E-state index in [4.69, 9.17) is 0 Å². The molecule has 0 bridgehead atoms. The van der Waals surface area contributed by atoms with Crippen LogP contribution in [-0.4, -0.2) is 30.4 Å². The van der Waals surface area contributed by atoms with Crippen LogP contribution in [0.2, 0.25) is 0 Å². The van der Waals surface area contributed by atoms with Gasteiger partial charge in [0.05, 0.1) is 11.0 Å². The summed E-state index contributed by atoms with van der Waals surface area (Å²) in [6.07, 6.45) is -1.58. The first-order chi connectivity index (χ1) is 10.4. The molecule has 0 aliphatic carbocycles. The van der Waals surface area contributed by atoms with Gasteiger partial charge >= 0.3 is 6.18 Å². The van der Waals surface area contributed by atoms with Crippen LogP contribution in [0.1, 0.15) is 30.4 Å². The van der Waals surface area contributed by atoms with E-state index in [0.717, 1.165) is 50.0 Å². The number of alkyl halides is 3. The molecule has 2 heterocycles. The molecule has 1 unspecified atom stereocenters. The number of halogens is 3. The molecule has 0 saturated carbocycles. The van der Waals surface area contributed by atoms with Gasteiger partial charge in [-0.1, -0.05) is 12.1 Å². The molecule has 3 rings (SSSR count). The minimum absolute atomic E-state index is 0.139. The van der Waals surface area contributed by atoms with Crippen molar-refractivity contribution in [3.05, 3.63) is 35.4 Å². The van der Waals surface area contributed by atoms with Crippen molar-refractivity contribution in [2.75, 3.05) is 19.6 Å². The first-order valence-electron chi connectivity index (χ1n) is 7.57. The highest BCUT2D eigenvalue weighted by Gasteiger charge is 2.46. The van der Waals surface area contributed by atoms with E-state index in [-0.39, 0.29) is 11.3 Å². The molecular formula is C16H19F3N2O. The Labute approximate surface area is 127 Å². The number of piperidine rings is 1. The number of likely N-dealkylation sites (tertiary alicyclic amines) is 1. The minimum Gasteiger partial charge on any atom is -0.338 e. The zero-order valence-electron chi connectivity index (χ0n) is 12.2. The van der Waals surface area contributed by atoms with Crippen molar-refractivity contribution in [3.8, 4) is 0 Å². The van der Waals surface area contributed by atoms with E-state index < -0.39 is 11.7 Å². The molecule has 1 aromatic rings. The van der Waals surface area contributed by atoms with Gasteiger partial charge in [-0.2, -0.15) is 13.2 Å². The molecule has 1 aromatic carbocycles. The van der Waals surface area contributed by atoms with E-state index in [2.05, 4.69) is 5.32 Å². The normalized spacial score (nSPS) is 26.0. The lowest BCUT2D eigenvalue weighted by atomic mass is 9.79. The number of hydrogen-bond donors (Lipinski definition) is 1. The first-order valence-corrected chi connectivity index (χ1v) is 7.57. The van der Waals surface area contributed by atoms with Crippen LogP contribution >= 0.6 is 0 Å². The maximum absolute atomic E-state index is 12.6. The molecule has 2 aliphatic heterocycles. The summed E-state index contributed by atoms with van der Waals surface area (Å²) in [5, 5.41) is 3.28. The van der Waals surface area contributed by atoms with Gasteiger partial charge in [0.1, 0.15) is 0 Å². The Morgan fingerprint density at radius 3 is 2.50 bits per heavy atom. The number of rotatable bonds is 2. The Morgan fingerprint density at radius 2 is 1.91 bits per heavy atom. The number of amides is 1. The van der Waals surface area contributed by atoms with Crippen molar-refractivity contribution < 1.29 is 18.0 Å². The van der Waals surface area contributed by atoms with Gasteiger partial charge in [0.25, 0.3) is 0 Å². The van der Waals surface area contributed by atoms with Crippen molar-refractivity contribution in [1.29, 1.82) is 0 Å². The molecule has 2 fully saturated rings. The van der Waals surface area contributed by atoms with E-state index in [9.17, 15) is 18.0 Å². The van der Waals surface area contributed by atoms with Crippen molar-refractivity contribution in [2.24, 2.45) is 5.41 Å². The van der Waals surface area contributed by atoms with Crippen molar-refractivity contribution >= 4 is 5.91 Å².